The van der Waals surface area contributed by atoms with Crippen molar-refractivity contribution in [1.29, 1.82) is 0 Å². The zero-order valence-corrected chi connectivity index (χ0v) is 13.6. The third kappa shape index (κ3) is 6.33. The third-order valence-corrected chi connectivity index (χ3v) is 3.63. The van der Waals surface area contributed by atoms with Crippen molar-refractivity contribution in [2.45, 2.75) is 31.3 Å². The molecule has 1 rings (SSSR count). The van der Waals surface area contributed by atoms with Crippen molar-refractivity contribution < 1.29 is 29.1 Å². The molecule has 132 valence electrons. The average molecular weight is 339 g/mol. The highest BCUT2D eigenvalue weighted by Crippen LogP contribution is 2.25. The summed E-state index contributed by atoms with van der Waals surface area (Å²) in [5.41, 5.74) is 0.542. The van der Waals surface area contributed by atoms with Crippen LogP contribution in [0.1, 0.15) is 30.7 Å². The molecule has 0 unspecified atom stereocenters. The van der Waals surface area contributed by atoms with Crippen LogP contribution in [0, 0.1) is 10.1 Å². The first kappa shape index (κ1) is 19.6. The monoisotopic (exact) mass is 339 g/mol. The first-order valence-electron chi connectivity index (χ1n) is 7.39. The highest BCUT2D eigenvalue weighted by Gasteiger charge is 2.28. The van der Waals surface area contributed by atoms with Crippen LogP contribution >= 0.6 is 0 Å². The Kier molecular flexibility index (Phi) is 7.84. The largest absolute Gasteiger partial charge is 0.497 e. The highest BCUT2D eigenvalue weighted by atomic mass is 16.6. The Balaban J connectivity index is 2.77. The quantitative estimate of drug-likeness (QED) is 0.388. The van der Waals surface area contributed by atoms with Crippen LogP contribution in [-0.4, -0.2) is 48.7 Å². The maximum absolute atomic E-state index is 11.8. The Bertz CT molecular complexity index is 570. The fourth-order valence-corrected chi connectivity index (χ4v) is 2.28. The molecule has 8 heteroatoms. The summed E-state index contributed by atoms with van der Waals surface area (Å²) in [5.74, 6) is -1.11. The summed E-state index contributed by atoms with van der Waals surface area (Å²) >= 11 is 0. The second-order valence-electron chi connectivity index (χ2n) is 5.28. The zero-order valence-electron chi connectivity index (χ0n) is 13.6. The minimum atomic E-state index is -1.21. The number of Topliss-reactive ketones (excluding diaryl/α,β-unsaturated/α-hetero) is 1. The van der Waals surface area contributed by atoms with Crippen LogP contribution < -0.4 is 4.74 Å². The van der Waals surface area contributed by atoms with Crippen molar-refractivity contribution in [3.63, 3.8) is 0 Å². The zero-order chi connectivity index (χ0) is 18.1. The summed E-state index contributed by atoms with van der Waals surface area (Å²) in [4.78, 5) is 33.2. The number of rotatable bonds is 10. The van der Waals surface area contributed by atoms with Gasteiger partial charge >= 0.3 is 5.97 Å². The maximum Gasteiger partial charge on any atom is 0.305 e. The van der Waals surface area contributed by atoms with Gasteiger partial charge in [0, 0.05) is 17.8 Å². The molecule has 0 aliphatic heterocycles. The third-order valence-electron chi connectivity index (χ3n) is 3.63. The number of ether oxygens (including phenoxy) is 2. The summed E-state index contributed by atoms with van der Waals surface area (Å²) in [6.07, 6.45) is -1.63. The SMILES string of the molecule is COC(=O)CCC(=O)C[C@H](O)[C@@H](C[N+](=O)[O-])c1ccc(OC)cc1. The smallest absolute Gasteiger partial charge is 0.305 e. The van der Waals surface area contributed by atoms with E-state index in [0.717, 1.165) is 0 Å². The number of methoxy groups -OCH3 is 2. The number of carbonyl (C=O) groups excluding carboxylic acids is 2. The number of hydrogen-bond acceptors (Lipinski definition) is 7. The van der Waals surface area contributed by atoms with Crippen LogP contribution in [0.5, 0.6) is 5.75 Å². The van der Waals surface area contributed by atoms with Gasteiger partial charge in [-0.3, -0.25) is 19.7 Å². The molecule has 1 aromatic rings. The highest BCUT2D eigenvalue weighted by molar-refractivity contribution is 5.83. The van der Waals surface area contributed by atoms with E-state index in [2.05, 4.69) is 4.74 Å². The van der Waals surface area contributed by atoms with Crippen molar-refractivity contribution >= 4 is 11.8 Å². The van der Waals surface area contributed by atoms with E-state index in [0.29, 0.717) is 11.3 Å². The Hall–Kier alpha value is -2.48. The van der Waals surface area contributed by atoms with Gasteiger partial charge < -0.3 is 14.6 Å². The molecular weight excluding hydrogens is 318 g/mol. The van der Waals surface area contributed by atoms with E-state index in [1.807, 2.05) is 0 Å². The van der Waals surface area contributed by atoms with Crippen LogP contribution in [0.3, 0.4) is 0 Å². The van der Waals surface area contributed by atoms with Gasteiger partial charge in [-0.25, -0.2) is 0 Å². The van der Waals surface area contributed by atoms with E-state index >= 15 is 0 Å². The van der Waals surface area contributed by atoms with Gasteiger partial charge in [0.05, 0.1) is 32.7 Å². The van der Waals surface area contributed by atoms with Gasteiger partial charge in [0.1, 0.15) is 11.5 Å². The normalized spacial score (nSPS) is 13.0. The average Bonchev–Trinajstić information content (AvgIpc) is 2.57. The van der Waals surface area contributed by atoms with Crippen molar-refractivity contribution in [1.82, 2.24) is 0 Å². The van der Waals surface area contributed by atoms with E-state index in [-0.39, 0.29) is 25.0 Å². The van der Waals surface area contributed by atoms with Crippen molar-refractivity contribution in [2.75, 3.05) is 20.8 Å². The number of aliphatic hydroxyl groups is 1. The van der Waals surface area contributed by atoms with E-state index in [1.54, 1.807) is 24.3 Å². The second kappa shape index (κ2) is 9.61. The molecule has 1 N–H and O–H groups in total. The second-order valence-corrected chi connectivity index (χ2v) is 5.28. The van der Waals surface area contributed by atoms with E-state index in [4.69, 9.17) is 4.74 Å². The molecule has 0 aromatic heterocycles. The van der Waals surface area contributed by atoms with Gasteiger partial charge in [-0.2, -0.15) is 0 Å². The predicted octanol–water partition coefficient (Wildman–Crippen LogP) is 1.33. The summed E-state index contributed by atoms with van der Waals surface area (Å²) in [6.45, 7) is -0.502. The number of hydrogen-bond donors (Lipinski definition) is 1. The molecule has 8 nitrogen and oxygen atoms in total. The fraction of sp³-hybridized carbons (Fsp3) is 0.500. The number of carbonyl (C=O) groups is 2. The molecule has 0 aliphatic carbocycles. The summed E-state index contributed by atoms with van der Waals surface area (Å²) in [6, 6.07) is 6.51. The summed E-state index contributed by atoms with van der Waals surface area (Å²) in [5, 5.41) is 21.1. The minimum Gasteiger partial charge on any atom is -0.497 e. The van der Waals surface area contributed by atoms with Crippen molar-refractivity contribution in [2.24, 2.45) is 0 Å². The number of ketones is 1. The van der Waals surface area contributed by atoms with Crippen molar-refractivity contribution in [3.8, 4) is 5.75 Å². The molecule has 0 saturated heterocycles. The molecule has 0 amide bonds. The first-order chi connectivity index (χ1) is 11.4. The molecule has 0 bridgehead atoms. The van der Waals surface area contributed by atoms with Gasteiger partial charge in [0.2, 0.25) is 6.54 Å². The molecular formula is C16H21NO7. The maximum atomic E-state index is 11.8. The van der Waals surface area contributed by atoms with Gasteiger partial charge in [-0.1, -0.05) is 12.1 Å². The van der Waals surface area contributed by atoms with Gasteiger partial charge in [0.15, 0.2) is 0 Å². The fourth-order valence-electron chi connectivity index (χ4n) is 2.28. The topological polar surface area (TPSA) is 116 Å². The van der Waals surface area contributed by atoms with Gasteiger partial charge in [0.25, 0.3) is 0 Å². The van der Waals surface area contributed by atoms with E-state index in [9.17, 15) is 24.8 Å². The Labute approximate surface area is 139 Å². The Morgan fingerprint density at radius 1 is 1.21 bits per heavy atom. The van der Waals surface area contributed by atoms with Crippen LogP contribution in [0.2, 0.25) is 0 Å². The number of nitrogens with zero attached hydrogens (tertiary/aromatic N) is 1. The van der Waals surface area contributed by atoms with E-state index < -0.39 is 29.5 Å². The molecule has 0 aliphatic rings. The molecule has 0 radical (unpaired) electrons. The van der Waals surface area contributed by atoms with E-state index in [1.165, 1.54) is 14.2 Å². The Morgan fingerprint density at radius 3 is 2.33 bits per heavy atom. The van der Waals surface area contributed by atoms with Gasteiger partial charge in [-0.15, -0.1) is 0 Å². The molecule has 2 atom stereocenters. The molecule has 0 spiro atoms. The molecule has 0 fully saturated rings. The Morgan fingerprint density at radius 2 is 1.83 bits per heavy atom. The predicted molar refractivity (Wildman–Crippen MR) is 84.5 cm³/mol. The lowest BCUT2D eigenvalue weighted by Gasteiger charge is -2.19. The van der Waals surface area contributed by atoms with Crippen LogP contribution in [0.4, 0.5) is 0 Å². The van der Waals surface area contributed by atoms with Crippen LogP contribution in [-0.2, 0) is 14.3 Å². The summed E-state index contributed by atoms with van der Waals surface area (Å²) < 4.78 is 9.47. The lowest BCUT2D eigenvalue weighted by Crippen LogP contribution is -2.28. The van der Waals surface area contributed by atoms with Gasteiger partial charge in [-0.05, 0) is 17.7 Å². The standard InChI is InChI=1S/C16H21NO7/c1-23-13-6-3-11(4-7-13)14(10-17(21)22)15(19)9-12(18)5-8-16(20)24-2/h3-4,6-7,14-15,19H,5,8-10H2,1-2H3/t14-,15-/m0/s1. The lowest BCUT2D eigenvalue weighted by atomic mass is 9.90. The number of aliphatic hydroxyl groups excluding tert-OH is 1. The van der Waals surface area contributed by atoms with Crippen LogP contribution in [0.15, 0.2) is 24.3 Å². The molecule has 0 heterocycles. The molecule has 0 saturated carbocycles. The van der Waals surface area contributed by atoms with Crippen LogP contribution in [0.25, 0.3) is 0 Å². The number of esters is 1. The minimum absolute atomic E-state index is 0.0719. The van der Waals surface area contributed by atoms with Crippen molar-refractivity contribution in [3.05, 3.63) is 39.9 Å². The summed E-state index contributed by atoms with van der Waals surface area (Å²) in [7, 11) is 2.72. The molecule has 1 aromatic carbocycles. The number of benzene rings is 1. The first-order valence-corrected chi connectivity index (χ1v) is 7.39. The lowest BCUT2D eigenvalue weighted by molar-refractivity contribution is -0.485. The number of nitro groups is 1. The molecule has 24 heavy (non-hydrogen) atoms.